The number of esters is 1. The molecule has 0 aromatic carbocycles. The molecule has 1 aliphatic carbocycles. The van der Waals surface area contributed by atoms with Crippen molar-refractivity contribution in [2.75, 3.05) is 65.9 Å². The molecular formula is C33H53N3O9. The molecule has 12 nitrogen and oxygen atoms in total. The number of amides is 3. The SMILES string of the molecule is C#CCOCCOCCNC(=O)CCC(CCC)(CCC(=O)NCCOCCOCC#C)NC(=O)C1CCC(OC(C)=O)CC1. The second-order valence-corrected chi connectivity index (χ2v) is 11.0. The van der Waals surface area contributed by atoms with Crippen molar-refractivity contribution in [3.8, 4) is 24.7 Å². The summed E-state index contributed by atoms with van der Waals surface area (Å²) in [5.74, 6) is 3.81. The fourth-order valence-corrected chi connectivity index (χ4v) is 5.19. The minimum absolute atomic E-state index is 0.0912. The number of carbonyl (C=O) groups is 4. The van der Waals surface area contributed by atoms with E-state index in [4.69, 9.17) is 36.5 Å². The molecule has 1 rings (SSSR count). The molecule has 0 aliphatic heterocycles. The van der Waals surface area contributed by atoms with Crippen LogP contribution in [0.3, 0.4) is 0 Å². The zero-order valence-corrected chi connectivity index (χ0v) is 27.1. The van der Waals surface area contributed by atoms with Crippen LogP contribution in [0.1, 0.15) is 78.1 Å². The van der Waals surface area contributed by atoms with Crippen molar-refractivity contribution in [3.05, 3.63) is 0 Å². The Morgan fingerprint density at radius 2 is 1.22 bits per heavy atom. The van der Waals surface area contributed by atoms with Gasteiger partial charge in [-0.25, -0.2) is 0 Å². The second kappa shape index (κ2) is 25.1. The summed E-state index contributed by atoms with van der Waals surface area (Å²) in [4.78, 5) is 50.3. The predicted molar refractivity (Wildman–Crippen MR) is 169 cm³/mol. The first kappa shape index (κ1) is 39.9. The molecule has 0 saturated heterocycles. The van der Waals surface area contributed by atoms with Gasteiger partial charge in [0.2, 0.25) is 17.7 Å². The lowest BCUT2D eigenvalue weighted by Crippen LogP contribution is -2.52. The lowest BCUT2D eigenvalue weighted by Gasteiger charge is -2.37. The fourth-order valence-electron chi connectivity index (χ4n) is 5.19. The average molecular weight is 636 g/mol. The predicted octanol–water partition coefficient (Wildman–Crippen LogP) is 1.89. The van der Waals surface area contributed by atoms with Gasteiger partial charge < -0.3 is 39.6 Å². The molecule has 12 heteroatoms. The van der Waals surface area contributed by atoms with Crippen LogP contribution in [-0.4, -0.2) is 101 Å². The highest BCUT2D eigenvalue weighted by Gasteiger charge is 2.36. The molecule has 0 spiro atoms. The van der Waals surface area contributed by atoms with E-state index in [2.05, 4.69) is 27.8 Å². The lowest BCUT2D eigenvalue weighted by molar-refractivity contribution is -0.148. The molecule has 1 fully saturated rings. The maximum absolute atomic E-state index is 13.5. The standard InChI is InChI=1S/C33H53N3O9/c1-5-14-33(15-12-30(38)34-17-21-43-25-23-41-19-6-2,16-13-31(39)35-18-22-44-26-24-42-20-7-3)36-32(40)28-8-10-29(11-9-28)45-27(4)37/h2-3,28-29H,5,8-26H2,1,4H3,(H,34,38)(H,35,39)(H,36,40). The molecule has 45 heavy (non-hydrogen) atoms. The van der Waals surface area contributed by atoms with Gasteiger partial charge in [-0.1, -0.05) is 25.2 Å². The normalized spacial score (nSPS) is 16.2. The monoisotopic (exact) mass is 635 g/mol. The van der Waals surface area contributed by atoms with Gasteiger partial charge in [-0.15, -0.1) is 12.8 Å². The molecule has 0 bridgehead atoms. The highest BCUT2D eigenvalue weighted by Crippen LogP contribution is 2.30. The molecule has 3 N–H and O–H groups in total. The summed E-state index contributed by atoms with van der Waals surface area (Å²) in [6.45, 7) is 6.72. The smallest absolute Gasteiger partial charge is 0.302 e. The fraction of sp³-hybridized carbons (Fsp3) is 0.758. The quantitative estimate of drug-likeness (QED) is 0.0777. The van der Waals surface area contributed by atoms with Crippen molar-refractivity contribution < 1.29 is 42.9 Å². The Bertz CT molecular complexity index is 906. The van der Waals surface area contributed by atoms with Crippen LogP contribution < -0.4 is 16.0 Å². The first-order chi connectivity index (χ1) is 21.7. The van der Waals surface area contributed by atoms with Crippen molar-refractivity contribution in [2.24, 2.45) is 5.92 Å². The molecule has 1 saturated carbocycles. The summed E-state index contributed by atoms with van der Waals surface area (Å²) in [7, 11) is 0. The van der Waals surface area contributed by atoms with Crippen LogP contribution >= 0.6 is 0 Å². The largest absolute Gasteiger partial charge is 0.463 e. The first-order valence-electron chi connectivity index (χ1n) is 16.0. The Hall–Kier alpha value is -3.16. The van der Waals surface area contributed by atoms with Crippen LogP contribution in [0.2, 0.25) is 0 Å². The summed E-state index contributed by atoms with van der Waals surface area (Å²) in [5.41, 5.74) is -0.733. The van der Waals surface area contributed by atoms with Gasteiger partial charge in [0.15, 0.2) is 0 Å². The van der Waals surface area contributed by atoms with Crippen LogP contribution in [0.5, 0.6) is 0 Å². The highest BCUT2D eigenvalue weighted by molar-refractivity contribution is 5.80. The van der Waals surface area contributed by atoms with Crippen LogP contribution in [0.15, 0.2) is 0 Å². The zero-order chi connectivity index (χ0) is 33.2. The van der Waals surface area contributed by atoms with Gasteiger partial charge in [0, 0.05) is 44.3 Å². The molecule has 0 radical (unpaired) electrons. The molecule has 1 aliphatic rings. The minimum Gasteiger partial charge on any atom is -0.463 e. The Morgan fingerprint density at radius 1 is 0.733 bits per heavy atom. The third-order valence-corrected chi connectivity index (χ3v) is 7.41. The van der Waals surface area contributed by atoms with Crippen LogP contribution in [-0.2, 0) is 42.9 Å². The Morgan fingerprint density at radius 3 is 1.67 bits per heavy atom. The Balaban J connectivity index is 2.69. The zero-order valence-electron chi connectivity index (χ0n) is 27.1. The van der Waals surface area contributed by atoms with Gasteiger partial charge in [-0.2, -0.15) is 0 Å². The summed E-state index contributed by atoms with van der Waals surface area (Å²) in [6, 6.07) is 0. The van der Waals surface area contributed by atoms with Crippen molar-refractivity contribution in [1.29, 1.82) is 0 Å². The second-order valence-electron chi connectivity index (χ2n) is 11.0. The molecule has 0 heterocycles. The number of ether oxygens (including phenoxy) is 5. The van der Waals surface area contributed by atoms with E-state index in [0.717, 1.165) is 6.42 Å². The highest BCUT2D eigenvalue weighted by atomic mass is 16.5. The van der Waals surface area contributed by atoms with E-state index in [1.54, 1.807) is 0 Å². The van der Waals surface area contributed by atoms with Crippen molar-refractivity contribution in [2.45, 2.75) is 89.7 Å². The summed E-state index contributed by atoms with van der Waals surface area (Å²) < 4.78 is 26.5. The number of nitrogens with one attached hydrogen (secondary N) is 3. The molecule has 0 aromatic heterocycles. The van der Waals surface area contributed by atoms with E-state index in [9.17, 15) is 19.2 Å². The number of hydrogen-bond donors (Lipinski definition) is 3. The van der Waals surface area contributed by atoms with Crippen molar-refractivity contribution in [1.82, 2.24) is 16.0 Å². The van der Waals surface area contributed by atoms with Crippen LogP contribution in [0.25, 0.3) is 0 Å². The van der Waals surface area contributed by atoms with E-state index in [-0.39, 0.29) is 61.8 Å². The third kappa shape index (κ3) is 19.8. The Labute approximate surface area is 268 Å². The third-order valence-electron chi connectivity index (χ3n) is 7.41. The van der Waals surface area contributed by atoms with Crippen LogP contribution in [0.4, 0.5) is 0 Å². The lowest BCUT2D eigenvalue weighted by atomic mass is 9.81. The van der Waals surface area contributed by atoms with E-state index < -0.39 is 5.54 Å². The number of hydrogen-bond acceptors (Lipinski definition) is 9. The van der Waals surface area contributed by atoms with Gasteiger partial charge in [0.05, 0.1) is 39.6 Å². The Kier molecular flexibility index (Phi) is 22.2. The maximum atomic E-state index is 13.5. The average Bonchev–Trinajstić information content (AvgIpc) is 3.01. The van der Waals surface area contributed by atoms with E-state index in [1.165, 1.54) is 6.92 Å². The number of terminal acetylenes is 2. The first-order valence-corrected chi connectivity index (χ1v) is 16.0. The number of rotatable bonds is 25. The van der Waals surface area contributed by atoms with Crippen LogP contribution in [0, 0.1) is 30.6 Å². The molecule has 254 valence electrons. The molecule has 0 atom stereocenters. The van der Waals surface area contributed by atoms with Gasteiger partial charge >= 0.3 is 5.97 Å². The summed E-state index contributed by atoms with van der Waals surface area (Å²) in [5, 5.41) is 8.97. The maximum Gasteiger partial charge on any atom is 0.302 e. The minimum atomic E-state index is -0.733. The van der Waals surface area contributed by atoms with Gasteiger partial charge in [-0.3, -0.25) is 19.2 Å². The van der Waals surface area contributed by atoms with Gasteiger partial charge in [0.1, 0.15) is 19.3 Å². The number of carbonyl (C=O) groups excluding carboxylic acids is 4. The topological polar surface area (TPSA) is 151 Å². The summed E-state index contributed by atoms with van der Waals surface area (Å²) >= 11 is 0. The van der Waals surface area contributed by atoms with E-state index >= 15 is 0 Å². The van der Waals surface area contributed by atoms with Crippen molar-refractivity contribution in [3.63, 3.8) is 0 Å². The molecular weight excluding hydrogens is 582 g/mol. The van der Waals surface area contributed by atoms with Gasteiger partial charge in [-0.05, 0) is 44.9 Å². The molecule has 0 unspecified atom stereocenters. The molecule has 0 aromatic rings. The van der Waals surface area contributed by atoms with E-state index in [1.807, 2.05) is 6.92 Å². The summed E-state index contributed by atoms with van der Waals surface area (Å²) in [6.07, 6.45) is 15.1. The van der Waals surface area contributed by atoms with Gasteiger partial charge in [0.25, 0.3) is 0 Å². The molecule has 3 amide bonds. The van der Waals surface area contributed by atoms with Crippen molar-refractivity contribution >= 4 is 23.7 Å². The van der Waals surface area contributed by atoms with E-state index in [0.29, 0.717) is 97.7 Å².